The summed E-state index contributed by atoms with van der Waals surface area (Å²) in [6.45, 7) is 5.08. The summed E-state index contributed by atoms with van der Waals surface area (Å²) >= 11 is 1.80. The number of aromatic nitrogens is 1. The van der Waals surface area contributed by atoms with Gasteiger partial charge in [-0.15, -0.1) is 11.3 Å². The summed E-state index contributed by atoms with van der Waals surface area (Å²) < 4.78 is 5.36. The molecule has 7 atom stereocenters. The van der Waals surface area contributed by atoms with E-state index in [1.165, 1.54) is 43.5 Å². The third-order valence-electron chi connectivity index (χ3n) is 9.09. The van der Waals surface area contributed by atoms with Crippen molar-refractivity contribution < 1.29 is 9.84 Å². The van der Waals surface area contributed by atoms with Crippen LogP contribution in [0.1, 0.15) is 76.1 Å². The lowest BCUT2D eigenvalue weighted by atomic mass is 9.47. The molecule has 1 heterocycles. The van der Waals surface area contributed by atoms with Crippen molar-refractivity contribution in [2.45, 2.75) is 77.2 Å². The molecule has 3 saturated carbocycles. The van der Waals surface area contributed by atoms with Crippen LogP contribution < -0.4 is 4.74 Å². The number of aliphatic hydroxyl groups is 1. The fraction of sp³-hybridized carbons (Fsp3) is 0.783. The molecule has 3 nitrogen and oxygen atoms in total. The minimum atomic E-state index is -0.106. The van der Waals surface area contributed by atoms with Crippen LogP contribution in [-0.2, 0) is 0 Å². The Morgan fingerprint density at radius 2 is 2.00 bits per heavy atom. The molecule has 0 radical (unpaired) electrons. The lowest BCUT2D eigenvalue weighted by molar-refractivity contribution is -0.0409. The van der Waals surface area contributed by atoms with Crippen LogP contribution in [0.4, 0.5) is 0 Å². The maximum atomic E-state index is 10.2. The molecule has 4 heteroatoms. The Labute approximate surface area is 167 Å². The first kappa shape index (κ1) is 18.2. The lowest BCUT2D eigenvalue weighted by Crippen LogP contribution is -2.50. The summed E-state index contributed by atoms with van der Waals surface area (Å²) in [5.74, 6) is 3.84. The number of methoxy groups -OCH3 is 1. The number of hydrogen-bond acceptors (Lipinski definition) is 4. The van der Waals surface area contributed by atoms with Crippen molar-refractivity contribution >= 4 is 11.3 Å². The standard InChI is InChI=1S/C23H33NO2S/c1-22-10-8-15(25)12-14(22)4-5-16-17-6-7-19(21-24-20(26-3)13-27-21)23(17,2)11-9-18(16)22/h4,13,15-19,25H,5-12H2,1-3H3/t15-,16-,17-,18-,19+,22-,23-/m0/s1. The molecular formula is C23H33NO2S. The van der Waals surface area contributed by atoms with Gasteiger partial charge in [-0.25, -0.2) is 4.98 Å². The average Bonchev–Trinajstić information content (AvgIpc) is 3.25. The second-order valence-electron chi connectivity index (χ2n) is 10.1. The van der Waals surface area contributed by atoms with Gasteiger partial charge >= 0.3 is 0 Å². The Morgan fingerprint density at radius 3 is 2.78 bits per heavy atom. The fourth-order valence-electron chi connectivity index (χ4n) is 7.57. The summed E-state index contributed by atoms with van der Waals surface area (Å²) in [6, 6.07) is 0. The molecule has 0 bridgehead atoms. The first-order valence-corrected chi connectivity index (χ1v) is 11.7. The topological polar surface area (TPSA) is 42.4 Å². The van der Waals surface area contributed by atoms with Crippen molar-refractivity contribution in [2.75, 3.05) is 7.11 Å². The minimum absolute atomic E-state index is 0.106. The average molecular weight is 388 g/mol. The zero-order valence-corrected chi connectivity index (χ0v) is 17.7. The van der Waals surface area contributed by atoms with Gasteiger partial charge in [-0.05, 0) is 80.0 Å². The maximum absolute atomic E-state index is 10.2. The van der Waals surface area contributed by atoms with Gasteiger partial charge < -0.3 is 9.84 Å². The van der Waals surface area contributed by atoms with Crippen LogP contribution in [0.15, 0.2) is 17.0 Å². The van der Waals surface area contributed by atoms with E-state index in [9.17, 15) is 5.11 Å². The number of hydrogen-bond donors (Lipinski definition) is 1. The van der Waals surface area contributed by atoms with E-state index in [-0.39, 0.29) is 6.10 Å². The predicted molar refractivity (Wildman–Crippen MR) is 109 cm³/mol. The fourth-order valence-corrected chi connectivity index (χ4v) is 8.64. The number of ether oxygens (including phenoxy) is 1. The summed E-state index contributed by atoms with van der Waals surface area (Å²) in [5, 5.41) is 13.5. The number of nitrogens with zero attached hydrogens (tertiary/aromatic N) is 1. The van der Waals surface area contributed by atoms with Crippen LogP contribution in [0, 0.1) is 28.6 Å². The van der Waals surface area contributed by atoms with E-state index in [0.29, 0.717) is 16.7 Å². The van der Waals surface area contributed by atoms with Crippen LogP contribution in [0.5, 0.6) is 5.88 Å². The van der Waals surface area contributed by atoms with E-state index >= 15 is 0 Å². The van der Waals surface area contributed by atoms with Crippen molar-refractivity contribution in [1.82, 2.24) is 4.98 Å². The highest BCUT2D eigenvalue weighted by molar-refractivity contribution is 7.09. The minimum Gasteiger partial charge on any atom is -0.480 e. The Kier molecular flexibility index (Phi) is 4.25. The van der Waals surface area contributed by atoms with E-state index in [2.05, 4.69) is 25.3 Å². The van der Waals surface area contributed by atoms with E-state index < -0.39 is 0 Å². The molecular weight excluding hydrogens is 354 g/mol. The Morgan fingerprint density at radius 1 is 1.15 bits per heavy atom. The summed E-state index contributed by atoms with van der Waals surface area (Å²) in [6.07, 6.45) is 12.1. The van der Waals surface area contributed by atoms with Crippen molar-refractivity contribution in [3.63, 3.8) is 0 Å². The van der Waals surface area contributed by atoms with Crippen molar-refractivity contribution in [3.8, 4) is 5.88 Å². The van der Waals surface area contributed by atoms with Crippen LogP contribution in [0.3, 0.4) is 0 Å². The molecule has 0 saturated heterocycles. The van der Waals surface area contributed by atoms with Gasteiger partial charge in [-0.2, -0.15) is 0 Å². The smallest absolute Gasteiger partial charge is 0.224 e. The molecule has 4 aliphatic carbocycles. The van der Waals surface area contributed by atoms with E-state index in [0.717, 1.165) is 36.5 Å². The molecule has 0 spiro atoms. The highest BCUT2D eigenvalue weighted by Gasteiger charge is 2.59. The summed E-state index contributed by atoms with van der Waals surface area (Å²) in [5.41, 5.74) is 2.30. The second-order valence-corrected chi connectivity index (χ2v) is 10.9. The van der Waals surface area contributed by atoms with Gasteiger partial charge in [0.05, 0.1) is 18.6 Å². The van der Waals surface area contributed by atoms with Gasteiger partial charge in [0, 0.05) is 5.92 Å². The van der Waals surface area contributed by atoms with Crippen LogP contribution >= 0.6 is 11.3 Å². The Balaban J connectivity index is 1.45. The third kappa shape index (κ3) is 2.58. The Hall–Kier alpha value is -0.870. The van der Waals surface area contributed by atoms with Crippen LogP contribution in [0.25, 0.3) is 0 Å². The molecule has 0 unspecified atom stereocenters. The highest BCUT2D eigenvalue weighted by Crippen LogP contribution is 2.68. The summed E-state index contributed by atoms with van der Waals surface area (Å²) in [4.78, 5) is 4.80. The zero-order chi connectivity index (χ0) is 18.8. The number of thiazole rings is 1. The first-order valence-electron chi connectivity index (χ1n) is 10.8. The van der Waals surface area contributed by atoms with Crippen molar-refractivity contribution in [1.29, 1.82) is 0 Å². The van der Waals surface area contributed by atoms with E-state index in [4.69, 9.17) is 9.72 Å². The summed E-state index contributed by atoms with van der Waals surface area (Å²) in [7, 11) is 1.72. The van der Waals surface area contributed by atoms with Gasteiger partial charge in [-0.1, -0.05) is 25.5 Å². The highest BCUT2D eigenvalue weighted by atomic mass is 32.1. The SMILES string of the molecule is COc1csc([C@H]2CC[C@H]3[C@@H]4CC=C5C[C@@H](O)CC[C@]5(C)[C@H]4CC[C@]23C)n1. The van der Waals surface area contributed by atoms with Crippen LogP contribution in [0.2, 0.25) is 0 Å². The molecule has 3 fully saturated rings. The van der Waals surface area contributed by atoms with Gasteiger partial charge in [0.15, 0.2) is 0 Å². The first-order chi connectivity index (χ1) is 13.0. The molecule has 148 valence electrons. The van der Waals surface area contributed by atoms with Gasteiger partial charge in [-0.3, -0.25) is 0 Å². The molecule has 0 amide bonds. The molecule has 1 aromatic rings. The van der Waals surface area contributed by atoms with Crippen LogP contribution in [-0.4, -0.2) is 23.3 Å². The largest absolute Gasteiger partial charge is 0.480 e. The normalized spacial score (nSPS) is 46.2. The molecule has 4 aliphatic rings. The molecule has 5 rings (SSSR count). The van der Waals surface area contributed by atoms with E-state index in [1.807, 2.05) is 0 Å². The molecule has 0 aliphatic heterocycles. The number of allylic oxidation sites excluding steroid dienone is 1. The quantitative estimate of drug-likeness (QED) is 0.676. The maximum Gasteiger partial charge on any atom is 0.224 e. The number of rotatable bonds is 2. The van der Waals surface area contributed by atoms with Gasteiger partial charge in [0.25, 0.3) is 0 Å². The molecule has 1 N–H and O–H groups in total. The molecule has 0 aromatic carbocycles. The number of fused-ring (bicyclic) bond motifs is 5. The zero-order valence-electron chi connectivity index (χ0n) is 16.9. The monoisotopic (exact) mass is 387 g/mol. The van der Waals surface area contributed by atoms with Gasteiger partial charge in [0.1, 0.15) is 5.01 Å². The van der Waals surface area contributed by atoms with E-state index in [1.54, 1.807) is 24.0 Å². The molecule has 27 heavy (non-hydrogen) atoms. The van der Waals surface area contributed by atoms with Crippen molar-refractivity contribution in [2.24, 2.45) is 28.6 Å². The molecule has 1 aromatic heterocycles. The van der Waals surface area contributed by atoms with Crippen molar-refractivity contribution in [3.05, 3.63) is 22.0 Å². The van der Waals surface area contributed by atoms with Gasteiger partial charge in [0.2, 0.25) is 5.88 Å². The second kappa shape index (κ2) is 6.32. The lowest BCUT2D eigenvalue weighted by Gasteiger charge is -2.58. The Bertz CT molecular complexity index is 757. The predicted octanol–water partition coefficient (Wildman–Crippen LogP) is 5.56. The third-order valence-corrected chi connectivity index (χ3v) is 10.0. The number of aliphatic hydroxyl groups excluding tert-OH is 1.